The third-order valence-electron chi connectivity index (χ3n) is 9.61. The Morgan fingerprint density at radius 2 is 1.09 bits per heavy atom. The normalized spacial score (nSPS) is 23.0. The van der Waals surface area contributed by atoms with Crippen LogP contribution in [0.5, 0.6) is 0 Å². The van der Waals surface area contributed by atoms with Crippen LogP contribution in [0.4, 0.5) is 0 Å². The first-order valence-electron chi connectivity index (χ1n) is 18.6. The minimum absolute atomic E-state index is 0.164. The number of cyclic esters (lactones) is 1. The van der Waals surface area contributed by atoms with E-state index in [9.17, 15) is 25.2 Å². The highest BCUT2D eigenvalue weighted by Crippen LogP contribution is 2.28. The second-order valence-electron chi connectivity index (χ2n) is 13.8. The molecule has 2 heterocycles. The highest BCUT2D eigenvalue weighted by molar-refractivity contribution is 5.90. The molecule has 0 spiro atoms. The van der Waals surface area contributed by atoms with Crippen LogP contribution in [0, 0.1) is 0 Å². The summed E-state index contributed by atoms with van der Waals surface area (Å²) >= 11 is 0. The topological polar surface area (TPSA) is 116 Å². The van der Waals surface area contributed by atoms with Crippen LogP contribution in [0.2, 0.25) is 0 Å². The third kappa shape index (κ3) is 17.6. The molecule has 258 valence electrons. The summed E-state index contributed by atoms with van der Waals surface area (Å²) in [5.74, 6) is -0.292. The Kier molecular flexibility index (Phi) is 21.6. The Labute approximate surface area is 269 Å². The van der Waals surface area contributed by atoms with Crippen molar-refractivity contribution in [2.75, 3.05) is 0 Å². The molecule has 0 saturated carbocycles. The van der Waals surface area contributed by atoms with Crippen LogP contribution < -0.4 is 0 Å². The van der Waals surface area contributed by atoms with E-state index in [1.165, 1.54) is 57.8 Å². The van der Waals surface area contributed by atoms with Crippen molar-refractivity contribution in [1.29, 1.82) is 0 Å². The van der Waals surface area contributed by atoms with Crippen molar-refractivity contribution in [3.63, 3.8) is 0 Å². The van der Waals surface area contributed by atoms with Gasteiger partial charge in [0.25, 0.3) is 0 Å². The van der Waals surface area contributed by atoms with Gasteiger partial charge in [-0.1, -0.05) is 116 Å². The van der Waals surface area contributed by atoms with Crippen LogP contribution in [0.1, 0.15) is 174 Å². The molecule has 4 N–H and O–H groups in total. The zero-order valence-electron chi connectivity index (χ0n) is 28.3. The molecule has 0 unspecified atom stereocenters. The lowest BCUT2D eigenvalue weighted by Gasteiger charge is -2.23. The second-order valence-corrected chi connectivity index (χ2v) is 13.8. The fraction of sp³-hybridized carbons (Fsp3) is 0.919. The first-order valence-corrected chi connectivity index (χ1v) is 18.6. The van der Waals surface area contributed by atoms with Crippen LogP contribution >= 0.6 is 0 Å². The van der Waals surface area contributed by atoms with Gasteiger partial charge < -0.3 is 29.9 Å². The van der Waals surface area contributed by atoms with E-state index in [0.717, 1.165) is 77.0 Å². The van der Waals surface area contributed by atoms with E-state index >= 15 is 0 Å². The van der Waals surface area contributed by atoms with Crippen LogP contribution in [0.15, 0.2) is 11.6 Å². The number of ether oxygens (including phenoxy) is 2. The molecule has 7 atom stereocenters. The van der Waals surface area contributed by atoms with Crippen molar-refractivity contribution in [1.82, 2.24) is 0 Å². The Morgan fingerprint density at radius 3 is 1.59 bits per heavy atom. The molecule has 0 aliphatic carbocycles. The van der Waals surface area contributed by atoms with Crippen LogP contribution in [0.25, 0.3) is 0 Å². The Balaban J connectivity index is 1.39. The number of hydrogen-bond acceptors (Lipinski definition) is 7. The highest BCUT2D eigenvalue weighted by atomic mass is 16.5. The maximum absolute atomic E-state index is 11.6. The van der Waals surface area contributed by atoms with E-state index in [0.29, 0.717) is 31.3 Å². The molecular formula is C37H68O7. The maximum Gasteiger partial charge on any atom is 0.334 e. The first-order chi connectivity index (χ1) is 21.3. The van der Waals surface area contributed by atoms with Gasteiger partial charge in [-0.05, 0) is 57.9 Å². The van der Waals surface area contributed by atoms with Crippen molar-refractivity contribution in [2.24, 2.45) is 0 Å². The molecule has 2 aliphatic heterocycles. The Bertz CT molecular complexity index is 756. The molecule has 7 nitrogen and oxygen atoms in total. The summed E-state index contributed by atoms with van der Waals surface area (Å²) in [6, 6.07) is 0. The van der Waals surface area contributed by atoms with Gasteiger partial charge in [0, 0.05) is 12.0 Å². The largest absolute Gasteiger partial charge is 0.455 e. The maximum atomic E-state index is 11.6. The number of unbranched alkanes of at least 4 members (excludes halogenated alkanes) is 15. The van der Waals surface area contributed by atoms with E-state index in [-0.39, 0.29) is 30.4 Å². The standard InChI is InChI=1S/C37H68O7/c1-3-4-5-6-7-8-9-13-16-19-22-33(40)35-25-26-36(44-35)34(41)24-23-31(38)20-17-14-11-10-12-15-18-21-32(39)28-30-27-29(2)43-37(30)42/h27,29,31-36,38-41H,3-26,28H2,1-2H3/t29-,31+,32+,33-,34+,35+,36-/m0/s1. The number of rotatable bonds is 28. The van der Waals surface area contributed by atoms with Gasteiger partial charge in [-0.15, -0.1) is 0 Å². The molecule has 0 radical (unpaired) electrons. The fourth-order valence-corrected chi connectivity index (χ4v) is 6.76. The molecule has 44 heavy (non-hydrogen) atoms. The van der Waals surface area contributed by atoms with Crippen molar-refractivity contribution >= 4 is 5.97 Å². The molecule has 2 rings (SSSR count). The average molecular weight is 625 g/mol. The lowest BCUT2D eigenvalue weighted by molar-refractivity contribution is -0.139. The Morgan fingerprint density at radius 1 is 0.636 bits per heavy atom. The third-order valence-corrected chi connectivity index (χ3v) is 9.61. The van der Waals surface area contributed by atoms with Crippen LogP contribution in [0.3, 0.4) is 0 Å². The van der Waals surface area contributed by atoms with E-state index in [1.807, 2.05) is 6.92 Å². The Hall–Kier alpha value is -0.990. The second kappa shape index (κ2) is 24.2. The van der Waals surface area contributed by atoms with Gasteiger partial charge in [-0.2, -0.15) is 0 Å². The zero-order chi connectivity index (χ0) is 32.0. The highest BCUT2D eigenvalue weighted by Gasteiger charge is 2.34. The van der Waals surface area contributed by atoms with Gasteiger partial charge in [-0.25, -0.2) is 4.79 Å². The van der Waals surface area contributed by atoms with E-state index in [4.69, 9.17) is 9.47 Å². The van der Waals surface area contributed by atoms with Gasteiger partial charge in [0.05, 0.1) is 36.6 Å². The van der Waals surface area contributed by atoms with Crippen molar-refractivity contribution < 1.29 is 34.7 Å². The van der Waals surface area contributed by atoms with E-state index in [1.54, 1.807) is 6.08 Å². The van der Waals surface area contributed by atoms with Crippen molar-refractivity contribution in [2.45, 2.75) is 217 Å². The molecule has 2 aliphatic rings. The summed E-state index contributed by atoms with van der Waals surface area (Å²) in [4.78, 5) is 11.6. The van der Waals surface area contributed by atoms with Gasteiger partial charge >= 0.3 is 5.97 Å². The zero-order valence-corrected chi connectivity index (χ0v) is 28.3. The molecule has 0 bridgehead atoms. The number of aliphatic hydroxyl groups excluding tert-OH is 4. The first kappa shape index (κ1) is 39.2. The minimum Gasteiger partial charge on any atom is -0.455 e. The smallest absolute Gasteiger partial charge is 0.334 e. The summed E-state index contributed by atoms with van der Waals surface area (Å²) in [5.41, 5.74) is 0.604. The van der Waals surface area contributed by atoms with Gasteiger partial charge in [0.1, 0.15) is 6.10 Å². The molecule has 0 aromatic carbocycles. The van der Waals surface area contributed by atoms with Gasteiger partial charge in [0.2, 0.25) is 0 Å². The molecule has 0 aromatic heterocycles. The van der Waals surface area contributed by atoms with E-state index in [2.05, 4.69) is 6.92 Å². The monoisotopic (exact) mass is 624 g/mol. The minimum atomic E-state index is -0.579. The number of carbonyl (C=O) groups excluding carboxylic acids is 1. The molecule has 7 heteroatoms. The summed E-state index contributed by atoms with van der Waals surface area (Å²) < 4.78 is 11.1. The molecule has 1 fully saturated rings. The lowest BCUT2D eigenvalue weighted by Crippen LogP contribution is -2.31. The van der Waals surface area contributed by atoms with Crippen LogP contribution in [-0.4, -0.2) is 69.1 Å². The van der Waals surface area contributed by atoms with Gasteiger partial charge in [0.15, 0.2) is 0 Å². The van der Waals surface area contributed by atoms with E-state index < -0.39 is 18.3 Å². The lowest BCUT2D eigenvalue weighted by atomic mass is 9.99. The number of carbonyl (C=O) groups is 1. The predicted octanol–water partition coefficient (Wildman–Crippen LogP) is 7.84. The summed E-state index contributed by atoms with van der Waals surface area (Å²) in [7, 11) is 0. The number of aliphatic hydroxyl groups is 4. The number of esters is 1. The van der Waals surface area contributed by atoms with Gasteiger partial charge in [-0.3, -0.25) is 0 Å². The fourth-order valence-electron chi connectivity index (χ4n) is 6.76. The van der Waals surface area contributed by atoms with Crippen LogP contribution in [-0.2, 0) is 14.3 Å². The summed E-state index contributed by atoms with van der Waals surface area (Å²) in [6.07, 6.45) is 25.1. The number of hydrogen-bond donors (Lipinski definition) is 4. The van der Waals surface area contributed by atoms with Crippen molar-refractivity contribution in [3.8, 4) is 0 Å². The molecule has 1 saturated heterocycles. The summed E-state index contributed by atoms with van der Waals surface area (Å²) in [5, 5.41) is 41.8. The summed E-state index contributed by atoms with van der Waals surface area (Å²) in [6.45, 7) is 4.09. The molecule has 0 amide bonds. The predicted molar refractivity (Wildman–Crippen MR) is 177 cm³/mol. The molecule has 0 aromatic rings. The quantitative estimate of drug-likeness (QED) is 0.0518. The van der Waals surface area contributed by atoms with Crippen molar-refractivity contribution in [3.05, 3.63) is 11.6 Å². The average Bonchev–Trinajstić information content (AvgIpc) is 3.62. The molecular weight excluding hydrogens is 556 g/mol. The SMILES string of the molecule is CCCCCCCCCCCC[C@H](O)[C@H]1CC[C@@H]([C@H](O)CC[C@H](O)CCCCCCCCC[C@@H](O)CC2=C[C@H](C)OC2=O)O1.